The first kappa shape index (κ1) is 37.9. The highest BCUT2D eigenvalue weighted by molar-refractivity contribution is 5.88. The van der Waals surface area contributed by atoms with Crippen molar-refractivity contribution >= 4 is 23.9 Å². The number of hydrogen-bond donors (Lipinski definition) is 0. The van der Waals surface area contributed by atoms with E-state index in [0.717, 1.165) is 0 Å². The fraction of sp³-hybridized carbons (Fsp3) is 0.571. The average molecular weight is 557 g/mol. The molecular formula is C28H44O11. The first-order valence-electron chi connectivity index (χ1n) is 12.4. The number of rotatable bonds is 21. The number of ether oxygens (including phenoxy) is 7. The van der Waals surface area contributed by atoms with Crippen molar-refractivity contribution in [3.8, 4) is 0 Å². The van der Waals surface area contributed by atoms with Crippen LogP contribution in [-0.2, 0) is 52.3 Å². The summed E-state index contributed by atoms with van der Waals surface area (Å²) >= 11 is 0. The Hall–Kier alpha value is -3.28. The van der Waals surface area contributed by atoms with Crippen LogP contribution in [0.25, 0.3) is 0 Å². The Kier molecular flexibility index (Phi) is 24.3. The lowest BCUT2D eigenvalue weighted by Crippen LogP contribution is -2.15. The van der Waals surface area contributed by atoms with Crippen LogP contribution in [0.3, 0.4) is 0 Å². The molecule has 0 spiro atoms. The standard InChI is InChI=1S/C16H26O7.C12H18O4/c1-13(2)15(17)22-11-9-20-7-5-19-6-8-21-10-12-23-16(18)14(3)4;1-9(2)11(13)15-7-5-6-8-16-12(14)10(3)4/h1,3,5-12H2,2,4H3;1,3,5-8H2,2,4H3. The molecule has 0 bridgehead atoms. The molecule has 0 aromatic carbocycles. The topological polar surface area (TPSA) is 133 Å². The van der Waals surface area contributed by atoms with E-state index in [0.29, 0.717) is 88.0 Å². The maximum atomic E-state index is 11.0. The van der Waals surface area contributed by atoms with E-state index in [1.54, 1.807) is 27.7 Å². The molecule has 0 unspecified atom stereocenters. The van der Waals surface area contributed by atoms with Gasteiger partial charge in [0.25, 0.3) is 0 Å². The van der Waals surface area contributed by atoms with E-state index < -0.39 is 11.9 Å². The molecule has 39 heavy (non-hydrogen) atoms. The molecule has 222 valence electrons. The largest absolute Gasteiger partial charge is 0.462 e. The molecule has 0 N–H and O–H groups in total. The SMILES string of the molecule is C=C(C)C(=O)OCCCCOC(=O)C(=C)C.C=C(C)C(=O)OCCOCCOCCOCCOC(=O)C(=C)C. The molecule has 0 aromatic rings. The fourth-order valence-corrected chi connectivity index (χ4v) is 1.96. The summed E-state index contributed by atoms with van der Waals surface area (Å²) in [5.41, 5.74) is 1.49. The minimum absolute atomic E-state index is 0.192. The smallest absolute Gasteiger partial charge is 0.333 e. The Morgan fingerprint density at radius 2 is 0.590 bits per heavy atom. The number of carbonyl (C=O) groups is 4. The number of esters is 4. The first-order valence-corrected chi connectivity index (χ1v) is 12.4. The molecule has 0 radical (unpaired) electrons. The Morgan fingerprint density at radius 1 is 0.385 bits per heavy atom. The Bertz CT molecular complexity index is 748. The van der Waals surface area contributed by atoms with Gasteiger partial charge in [-0.3, -0.25) is 0 Å². The summed E-state index contributed by atoms with van der Waals surface area (Å²) in [5, 5.41) is 0. The number of hydrogen-bond acceptors (Lipinski definition) is 11. The fourth-order valence-electron chi connectivity index (χ4n) is 1.96. The average Bonchev–Trinajstić information content (AvgIpc) is 2.88. The van der Waals surface area contributed by atoms with Crippen LogP contribution in [0.5, 0.6) is 0 Å². The van der Waals surface area contributed by atoms with Crippen LogP contribution in [0, 0.1) is 0 Å². The zero-order valence-electron chi connectivity index (χ0n) is 23.8. The van der Waals surface area contributed by atoms with Crippen molar-refractivity contribution in [1.82, 2.24) is 0 Å². The molecule has 0 rings (SSSR count). The van der Waals surface area contributed by atoms with Gasteiger partial charge in [-0.25, -0.2) is 19.2 Å². The lowest BCUT2D eigenvalue weighted by atomic mass is 10.3. The third-order valence-electron chi connectivity index (χ3n) is 4.06. The zero-order valence-corrected chi connectivity index (χ0v) is 23.8. The van der Waals surface area contributed by atoms with E-state index >= 15 is 0 Å². The van der Waals surface area contributed by atoms with Gasteiger partial charge < -0.3 is 33.2 Å². The van der Waals surface area contributed by atoms with E-state index in [1.807, 2.05) is 0 Å². The van der Waals surface area contributed by atoms with Gasteiger partial charge in [0.2, 0.25) is 0 Å². The van der Waals surface area contributed by atoms with Crippen molar-refractivity contribution in [3.05, 3.63) is 48.6 Å². The third-order valence-corrected chi connectivity index (χ3v) is 4.06. The summed E-state index contributed by atoms with van der Waals surface area (Å²) in [6, 6.07) is 0. The van der Waals surface area contributed by atoms with Crippen molar-refractivity contribution in [2.24, 2.45) is 0 Å². The van der Waals surface area contributed by atoms with Crippen LogP contribution in [-0.4, -0.2) is 89.9 Å². The highest BCUT2D eigenvalue weighted by atomic mass is 16.6. The second-order valence-electron chi connectivity index (χ2n) is 8.21. The van der Waals surface area contributed by atoms with Crippen molar-refractivity contribution in [3.63, 3.8) is 0 Å². The summed E-state index contributed by atoms with van der Waals surface area (Å²) < 4.78 is 35.1. The lowest BCUT2D eigenvalue weighted by molar-refractivity contribution is -0.141. The summed E-state index contributed by atoms with van der Waals surface area (Å²) in [4.78, 5) is 44.0. The quantitative estimate of drug-likeness (QED) is 0.0892. The van der Waals surface area contributed by atoms with Crippen LogP contribution >= 0.6 is 0 Å². The predicted molar refractivity (Wildman–Crippen MR) is 145 cm³/mol. The third kappa shape index (κ3) is 26.1. The molecule has 0 aliphatic heterocycles. The van der Waals surface area contributed by atoms with E-state index in [1.165, 1.54) is 0 Å². The van der Waals surface area contributed by atoms with Crippen LogP contribution < -0.4 is 0 Å². The predicted octanol–water partition coefficient (Wildman–Crippen LogP) is 3.28. The van der Waals surface area contributed by atoms with E-state index in [4.69, 9.17) is 33.2 Å². The Morgan fingerprint density at radius 3 is 0.821 bits per heavy atom. The molecule has 0 aromatic heterocycles. The van der Waals surface area contributed by atoms with Crippen molar-refractivity contribution < 1.29 is 52.3 Å². The minimum Gasteiger partial charge on any atom is -0.462 e. The van der Waals surface area contributed by atoms with Crippen LogP contribution in [0.15, 0.2) is 48.6 Å². The molecule has 0 heterocycles. The highest BCUT2D eigenvalue weighted by Gasteiger charge is 2.05. The molecule has 0 amide bonds. The minimum atomic E-state index is -0.420. The van der Waals surface area contributed by atoms with Gasteiger partial charge in [-0.15, -0.1) is 0 Å². The van der Waals surface area contributed by atoms with Gasteiger partial charge >= 0.3 is 23.9 Å². The molecule has 0 aliphatic rings. The maximum Gasteiger partial charge on any atom is 0.333 e. The number of carbonyl (C=O) groups excluding carboxylic acids is 4. The lowest BCUT2D eigenvalue weighted by Gasteiger charge is -2.08. The van der Waals surface area contributed by atoms with Crippen molar-refractivity contribution in [2.75, 3.05) is 66.1 Å². The molecule has 11 heteroatoms. The normalized spacial score (nSPS) is 9.85. The van der Waals surface area contributed by atoms with Crippen LogP contribution in [0.2, 0.25) is 0 Å². The summed E-state index contributed by atoms with van der Waals surface area (Å²) in [6.45, 7) is 23.5. The summed E-state index contributed by atoms with van der Waals surface area (Å²) in [6.07, 6.45) is 1.31. The van der Waals surface area contributed by atoms with Gasteiger partial charge in [-0.2, -0.15) is 0 Å². The molecule has 0 atom stereocenters. The summed E-state index contributed by atoms with van der Waals surface area (Å²) in [5.74, 6) is -1.62. The Balaban J connectivity index is 0. The Labute approximate surface area is 231 Å². The number of unbranched alkanes of at least 4 members (excludes halogenated alkanes) is 1. The molecule has 0 aliphatic carbocycles. The molecule has 0 fully saturated rings. The molecular weight excluding hydrogens is 512 g/mol. The second-order valence-corrected chi connectivity index (χ2v) is 8.21. The van der Waals surface area contributed by atoms with Crippen molar-refractivity contribution in [1.29, 1.82) is 0 Å². The molecule has 0 saturated carbocycles. The van der Waals surface area contributed by atoms with Gasteiger partial charge in [0.15, 0.2) is 0 Å². The second kappa shape index (κ2) is 25.0. The van der Waals surface area contributed by atoms with E-state index in [9.17, 15) is 19.2 Å². The van der Waals surface area contributed by atoms with Crippen LogP contribution in [0.4, 0.5) is 0 Å². The van der Waals surface area contributed by atoms with Gasteiger partial charge in [0.05, 0.1) is 52.9 Å². The maximum absolute atomic E-state index is 11.0. The van der Waals surface area contributed by atoms with Gasteiger partial charge in [-0.05, 0) is 40.5 Å². The first-order chi connectivity index (χ1) is 18.4. The van der Waals surface area contributed by atoms with Gasteiger partial charge in [0, 0.05) is 22.3 Å². The zero-order chi connectivity index (χ0) is 30.1. The summed E-state index contributed by atoms with van der Waals surface area (Å²) in [7, 11) is 0. The molecule has 11 nitrogen and oxygen atoms in total. The van der Waals surface area contributed by atoms with E-state index in [-0.39, 0.29) is 25.2 Å². The highest BCUT2D eigenvalue weighted by Crippen LogP contribution is 1.98. The van der Waals surface area contributed by atoms with E-state index in [2.05, 4.69) is 26.3 Å². The van der Waals surface area contributed by atoms with Gasteiger partial charge in [-0.1, -0.05) is 26.3 Å². The monoisotopic (exact) mass is 556 g/mol. The van der Waals surface area contributed by atoms with Crippen molar-refractivity contribution in [2.45, 2.75) is 40.5 Å². The molecule has 0 saturated heterocycles. The van der Waals surface area contributed by atoms with Gasteiger partial charge in [0.1, 0.15) is 13.2 Å². The van der Waals surface area contributed by atoms with Crippen LogP contribution in [0.1, 0.15) is 40.5 Å².